The van der Waals surface area contributed by atoms with E-state index in [-0.39, 0.29) is 0 Å². The van der Waals surface area contributed by atoms with Gasteiger partial charge in [0.15, 0.2) is 0 Å². The Morgan fingerprint density at radius 1 is 1.47 bits per heavy atom. The third-order valence-corrected chi connectivity index (χ3v) is 3.12. The molecule has 1 rings (SSSR count). The monoisotopic (exact) mass is 216 g/mol. The molecule has 0 radical (unpaired) electrons. The van der Waals surface area contributed by atoms with Crippen molar-refractivity contribution in [1.29, 1.82) is 0 Å². The predicted octanol–water partition coefficient (Wildman–Crippen LogP) is 0.189. The van der Waals surface area contributed by atoms with Crippen LogP contribution in [0.3, 0.4) is 0 Å². The second-order valence-corrected chi connectivity index (χ2v) is 4.08. The standard InChI is InChI=1S/C11H24N2O2/c1-4-13(5-6-14-3)7-10-8-15-9-11(10)12-2/h10-12H,4-9H2,1-3H3. The molecule has 90 valence electrons. The van der Waals surface area contributed by atoms with Crippen LogP contribution in [0.15, 0.2) is 0 Å². The molecule has 4 heteroatoms. The van der Waals surface area contributed by atoms with Crippen molar-refractivity contribution in [3.8, 4) is 0 Å². The first-order valence-electron chi connectivity index (χ1n) is 5.78. The number of nitrogens with one attached hydrogen (secondary N) is 1. The maximum absolute atomic E-state index is 5.49. The summed E-state index contributed by atoms with van der Waals surface area (Å²) in [6.45, 7) is 7.94. The van der Waals surface area contributed by atoms with Crippen LogP contribution >= 0.6 is 0 Å². The van der Waals surface area contributed by atoms with E-state index in [1.807, 2.05) is 7.05 Å². The lowest BCUT2D eigenvalue weighted by molar-refractivity contribution is 0.130. The van der Waals surface area contributed by atoms with Crippen LogP contribution < -0.4 is 5.32 Å². The fourth-order valence-corrected chi connectivity index (χ4v) is 2.03. The minimum absolute atomic E-state index is 0.515. The smallest absolute Gasteiger partial charge is 0.0623 e. The zero-order valence-corrected chi connectivity index (χ0v) is 10.2. The van der Waals surface area contributed by atoms with Gasteiger partial charge in [-0.15, -0.1) is 0 Å². The Bertz CT molecular complexity index is 167. The minimum atomic E-state index is 0.515. The van der Waals surface area contributed by atoms with Gasteiger partial charge in [0.25, 0.3) is 0 Å². The van der Waals surface area contributed by atoms with Gasteiger partial charge in [0.05, 0.1) is 19.8 Å². The van der Waals surface area contributed by atoms with Gasteiger partial charge in [-0.3, -0.25) is 0 Å². The third kappa shape index (κ3) is 4.07. The molecule has 15 heavy (non-hydrogen) atoms. The molecule has 0 spiro atoms. The van der Waals surface area contributed by atoms with Crippen LogP contribution in [0.1, 0.15) is 6.92 Å². The molecule has 2 atom stereocenters. The van der Waals surface area contributed by atoms with Crippen molar-refractivity contribution in [1.82, 2.24) is 10.2 Å². The van der Waals surface area contributed by atoms with Gasteiger partial charge in [-0.2, -0.15) is 0 Å². The van der Waals surface area contributed by atoms with E-state index in [1.165, 1.54) is 0 Å². The number of hydrogen-bond acceptors (Lipinski definition) is 4. The van der Waals surface area contributed by atoms with E-state index < -0.39 is 0 Å². The first-order valence-corrected chi connectivity index (χ1v) is 5.78. The molecular weight excluding hydrogens is 192 g/mol. The lowest BCUT2D eigenvalue weighted by Crippen LogP contribution is -2.41. The average Bonchev–Trinajstić information content (AvgIpc) is 2.71. The van der Waals surface area contributed by atoms with Crippen LogP contribution in [0, 0.1) is 5.92 Å². The van der Waals surface area contributed by atoms with Gasteiger partial charge >= 0.3 is 0 Å². The van der Waals surface area contributed by atoms with E-state index in [9.17, 15) is 0 Å². The maximum atomic E-state index is 5.49. The summed E-state index contributed by atoms with van der Waals surface area (Å²) < 4.78 is 10.6. The Balaban J connectivity index is 2.29. The van der Waals surface area contributed by atoms with Gasteiger partial charge in [-0.05, 0) is 13.6 Å². The van der Waals surface area contributed by atoms with Crippen molar-refractivity contribution in [3.05, 3.63) is 0 Å². The molecule has 0 saturated carbocycles. The van der Waals surface area contributed by atoms with Crippen molar-refractivity contribution in [2.24, 2.45) is 5.92 Å². The first-order chi connectivity index (χ1) is 7.31. The fourth-order valence-electron chi connectivity index (χ4n) is 2.03. The highest BCUT2D eigenvalue weighted by Crippen LogP contribution is 2.14. The summed E-state index contributed by atoms with van der Waals surface area (Å²) in [5, 5.41) is 3.32. The quantitative estimate of drug-likeness (QED) is 0.659. The molecule has 0 aliphatic carbocycles. The summed E-state index contributed by atoms with van der Waals surface area (Å²) in [4.78, 5) is 2.42. The highest BCUT2D eigenvalue weighted by molar-refractivity contribution is 4.82. The minimum Gasteiger partial charge on any atom is -0.383 e. The molecule has 4 nitrogen and oxygen atoms in total. The van der Waals surface area contributed by atoms with Crippen LogP contribution in [0.5, 0.6) is 0 Å². The summed E-state index contributed by atoms with van der Waals surface area (Å²) in [6, 6.07) is 0.515. The van der Waals surface area contributed by atoms with Crippen molar-refractivity contribution >= 4 is 0 Å². The largest absolute Gasteiger partial charge is 0.383 e. The molecule has 0 aromatic carbocycles. The van der Waals surface area contributed by atoms with Crippen LogP contribution in [-0.2, 0) is 9.47 Å². The van der Waals surface area contributed by atoms with Crippen molar-refractivity contribution in [2.45, 2.75) is 13.0 Å². The van der Waals surface area contributed by atoms with Gasteiger partial charge in [-0.25, -0.2) is 0 Å². The van der Waals surface area contributed by atoms with E-state index in [4.69, 9.17) is 9.47 Å². The fraction of sp³-hybridized carbons (Fsp3) is 1.00. The molecule has 1 aliphatic rings. The normalized spacial score (nSPS) is 26.4. The van der Waals surface area contributed by atoms with E-state index in [1.54, 1.807) is 7.11 Å². The number of ether oxygens (including phenoxy) is 2. The maximum Gasteiger partial charge on any atom is 0.0623 e. The molecule has 1 heterocycles. The van der Waals surface area contributed by atoms with E-state index in [0.29, 0.717) is 12.0 Å². The van der Waals surface area contributed by atoms with Crippen molar-refractivity contribution in [3.63, 3.8) is 0 Å². The first kappa shape index (κ1) is 12.9. The SMILES string of the molecule is CCN(CCOC)CC1COCC1NC. The molecule has 1 saturated heterocycles. The molecule has 1 fully saturated rings. The predicted molar refractivity (Wildman–Crippen MR) is 61.1 cm³/mol. The Hall–Kier alpha value is -0.160. The van der Waals surface area contributed by atoms with Gasteiger partial charge in [-0.1, -0.05) is 6.92 Å². The van der Waals surface area contributed by atoms with E-state index >= 15 is 0 Å². The summed E-state index contributed by atoms with van der Waals surface area (Å²) in [5.41, 5.74) is 0. The Morgan fingerprint density at radius 3 is 2.87 bits per heavy atom. The van der Waals surface area contributed by atoms with Crippen LogP contribution in [0.4, 0.5) is 0 Å². The molecule has 0 amide bonds. The van der Waals surface area contributed by atoms with Crippen LogP contribution in [-0.4, -0.2) is 64.6 Å². The third-order valence-electron chi connectivity index (χ3n) is 3.12. The molecule has 0 aromatic heterocycles. The summed E-state index contributed by atoms with van der Waals surface area (Å²) in [6.07, 6.45) is 0. The van der Waals surface area contributed by atoms with Crippen LogP contribution in [0.2, 0.25) is 0 Å². The van der Waals surface area contributed by atoms with Crippen molar-refractivity contribution < 1.29 is 9.47 Å². The Morgan fingerprint density at radius 2 is 2.27 bits per heavy atom. The number of likely N-dealkylation sites (N-methyl/N-ethyl adjacent to an activating group) is 2. The van der Waals surface area contributed by atoms with Gasteiger partial charge in [0.1, 0.15) is 0 Å². The van der Waals surface area contributed by atoms with Gasteiger partial charge in [0, 0.05) is 32.2 Å². The number of hydrogen-bond donors (Lipinski definition) is 1. The second kappa shape index (κ2) is 7.17. The molecular formula is C11H24N2O2. The lowest BCUT2D eigenvalue weighted by atomic mass is 10.0. The number of rotatable bonds is 7. The summed E-state index contributed by atoms with van der Waals surface area (Å²) in [5.74, 6) is 0.617. The van der Waals surface area contributed by atoms with Gasteiger partial charge in [0.2, 0.25) is 0 Å². The summed E-state index contributed by atoms with van der Waals surface area (Å²) in [7, 11) is 3.76. The molecule has 1 N–H and O–H groups in total. The highest BCUT2D eigenvalue weighted by atomic mass is 16.5. The number of nitrogens with zero attached hydrogens (tertiary/aromatic N) is 1. The molecule has 0 aromatic rings. The van der Waals surface area contributed by atoms with Crippen molar-refractivity contribution in [2.75, 3.05) is 53.6 Å². The zero-order chi connectivity index (χ0) is 11.1. The zero-order valence-electron chi connectivity index (χ0n) is 10.2. The Kier molecular flexibility index (Phi) is 6.17. The molecule has 1 aliphatic heterocycles. The average molecular weight is 216 g/mol. The van der Waals surface area contributed by atoms with E-state index in [2.05, 4.69) is 17.1 Å². The Labute approximate surface area is 92.9 Å². The van der Waals surface area contributed by atoms with Crippen LogP contribution in [0.25, 0.3) is 0 Å². The van der Waals surface area contributed by atoms with Gasteiger partial charge < -0.3 is 19.7 Å². The lowest BCUT2D eigenvalue weighted by Gasteiger charge is -2.26. The molecule has 2 unspecified atom stereocenters. The van der Waals surface area contributed by atoms with E-state index in [0.717, 1.165) is 39.5 Å². The summed E-state index contributed by atoms with van der Waals surface area (Å²) >= 11 is 0. The molecule has 0 bridgehead atoms. The number of methoxy groups -OCH3 is 1. The highest BCUT2D eigenvalue weighted by Gasteiger charge is 2.27. The topological polar surface area (TPSA) is 33.7 Å². The second-order valence-electron chi connectivity index (χ2n) is 4.08.